The molecule has 4 aromatic rings. The Morgan fingerprint density at radius 1 is 1.12 bits per heavy atom. The van der Waals surface area contributed by atoms with E-state index < -0.39 is 0 Å². The first-order chi connectivity index (χ1) is 15.8. The van der Waals surface area contributed by atoms with Crippen molar-refractivity contribution < 1.29 is 13.9 Å². The number of carbonyl (C=O) groups is 1. The molecule has 0 spiro atoms. The van der Waals surface area contributed by atoms with Gasteiger partial charge in [-0.2, -0.15) is 5.10 Å². The Kier molecular flexibility index (Phi) is 6.33. The Labute approximate surface area is 196 Å². The molecule has 0 aliphatic rings. The van der Waals surface area contributed by atoms with Crippen LogP contribution in [0, 0.1) is 26.6 Å². The molecule has 0 atom stereocenters. The average Bonchev–Trinajstić information content (AvgIpc) is 3.10. The summed E-state index contributed by atoms with van der Waals surface area (Å²) < 4.78 is 20.3. The number of nitrogens with zero attached hydrogens (tertiary/aromatic N) is 3. The summed E-state index contributed by atoms with van der Waals surface area (Å²) in [5.41, 5.74) is 6.61. The third-order valence-corrected chi connectivity index (χ3v) is 5.97. The maximum atomic E-state index is 13.4. The summed E-state index contributed by atoms with van der Waals surface area (Å²) in [6.07, 6.45) is 0.796. The lowest BCUT2D eigenvalue weighted by molar-refractivity contribution is -0.116. The minimum absolute atomic E-state index is 0.126. The summed E-state index contributed by atoms with van der Waals surface area (Å²) in [5.74, 6) is 0.138. The number of amides is 1. The highest BCUT2D eigenvalue weighted by Crippen LogP contribution is 2.30. The van der Waals surface area contributed by atoms with Crippen LogP contribution in [-0.2, 0) is 11.2 Å². The number of rotatable bonds is 6. The first kappa shape index (κ1) is 22.7. The van der Waals surface area contributed by atoms with Crippen molar-refractivity contribution >= 4 is 28.8 Å². The van der Waals surface area contributed by atoms with Crippen LogP contribution in [0.1, 0.15) is 29.1 Å². The first-order valence-corrected chi connectivity index (χ1v) is 10.9. The highest BCUT2D eigenvalue weighted by atomic mass is 35.5. The molecule has 0 unspecified atom stereocenters. The van der Waals surface area contributed by atoms with Crippen molar-refractivity contribution in [1.29, 1.82) is 0 Å². The molecule has 0 saturated carbocycles. The minimum atomic E-state index is -0.286. The molecule has 0 aliphatic heterocycles. The predicted octanol–water partition coefficient (Wildman–Crippen LogP) is 5.69. The molecule has 6 nitrogen and oxygen atoms in total. The van der Waals surface area contributed by atoms with Gasteiger partial charge in [0.05, 0.1) is 17.8 Å². The van der Waals surface area contributed by atoms with Gasteiger partial charge in [0.25, 0.3) is 0 Å². The first-order valence-electron chi connectivity index (χ1n) is 10.5. The Bertz CT molecular complexity index is 1350. The van der Waals surface area contributed by atoms with Crippen LogP contribution in [-0.4, -0.2) is 27.6 Å². The zero-order chi connectivity index (χ0) is 23.7. The largest absolute Gasteiger partial charge is 0.495 e. The molecule has 1 N–H and O–H groups in total. The van der Waals surface area contributed by atoms with Gasteiger partial charge in [-0.25, -0.2) is 13.9 Å². The number of anilines is 1. The van der Waals surface area contributed by atoms with Gasteiger partial charge in [0, 0.05) is 29.1 Å². The smallest absolute Gasteiger partial charge is 0.224 e. The van der Waals surface area contributed by atoms with Crippen LogP contribution >= 0.6 is 11.6 Å². The number of aryl methyl sites for hydroxylation is 3. The van der Waals surface area contributed by atoms with Crippen LogP contribution in [0.4, 0.5) is 10.1 Å². The second kappa shape index (κ2) is 9.19. The van der Waals surface area contributed by atoms with Gasteiger partial charge in [-0.15, -0.1) is 0 Å². The van der Waals surface area contributed by atoms with Crippen LogP contribution in [0.2, 0.25) is 5.02 Å². The fourth-order valence-electron chi connectivity index (χ4n) is 3.99. The molecule has 2 aromatic heterocycles. The molecule has 0 bridgehead atoms. The molecule has 0 saturated heterocycles. The van der Waals surface area contributed by atoms with Crippen molar-refractivity contribution in [3.63, 3.8) is 0 Å². The van der Waals surface area contributed by atoms with Gasteiger partial charge < -0.3 is 10.1 Å². The van der Waals surface area contributed by atoms with Crippen LogP contribution in [0.3, 0.4) is 0 Å². The number of ether oxygens (including phenoxy) is 1. The minimum Gasteiger partial charge on any atom is -0.495 e. The van der Waals surface area contributed by atoms with Gasteiger partial charge in [0.1, 0.15) is 11.6 Å². The lowest BCUT2D eigenvalue weighted by Gasteiger charge is -2.12. The number of hydrogen-bond acceptors (Lipinski definition) is 4. The fourth-order valence-corrected chi connectivity index (χ4v) is 4.25. The van der Waals surface area contributed by atoms with Crippen molar-refractivity contribution in [2.75, 3.05) is 12.4 Å². The monoisotopic (exact) mass is 466 g/mol. The van der Waals surface area contributed by atoms with E-state index in [1.54, 1.807) is 42.0 Å². The van der Waals surface area contributed by atoms with Crippen LogP contribution in [0.15, 0.2) is 42.5 Å². The van der Waals surface area contributed by atoms with Gasteiger partial charge in [-0.3, -0.25) is 4.79 Å². The summed E-state index contributed by atoms with van der Waals surface area (Å²) in [6, 6.07) is 11.4. The number of nitrogens with one attached hydrogen (secondary N) is 1. The highest BCUT2D eigenvalue weighted by Gasteiger charge is 2.18. The highest BCUT2D eigenvalue weighted by molar-refractivity contribution is 6.32. The quantitative estimate of drug-likeness (QED) is 0.396. The van der Waals surface area contributed by atoms with E-state index in [0.717, 1.165) is 39.4 Å². The van der Waals surface area contributed by atoms with E-state index in [9.17, 15) is 9.18 Å². The second-order valence-electron chi connectivity index (χ2n) is 7.86. The molecule has 170 valence electrons. The van der Waals surface area contributed by atoms with E-state index in [1.165, 1.54) is 12.1 Å². The summed E-state index contributed by atoms with van der Waals surface area (Å²) in [5, 5.41) is 7.97. The van der Waals surface area contributed by atoms with Crippen molar-refractivity contribution in [3.8, 4) is 16.9 Å². The Morgan fingerprint density at radius 3 is 2.52 bits per heavy atom. The van der Waals surface area contributed by atoms with Gasteiger partial charge in [-0.05, 0) is 68.7 Å². The Balaban J connectivity index is 1.57. The molecule has 2 aromatic carbocycles. The fraction of sp³-hybridized carbons (Fsp3) is 0.240. The molecule has 1 amide bonds. The van der Waals surface area contributed by atoms with E-state index in [4.69, 9.17) is 21.3 Å². The van der Waals surface area contributed by atoms with Gasteiger partial charge in [0.15, 0.2) is 5.65 Å². The molecule has 8 heteroatoms. The molecule has 33 heavy (non-hydrogen) atoms. The molecule has 0 radical (unpaired) electrons. The number of hydrogen-bond donors (Lipinski definition) is 1. The topological polar surface area (TPSA) is 68.5 Å². The maximum absolute atomic E-state index is 13.4. The molecule has 0 fully saturated rings. The SMILES string of the molecule is COc1ccc(NC(=O)CCc2c(C)nc3c(-c4ccc(F)cc4)c(C)nn3c2C)cc1Cl. The Hall–Kier alpha value is -3.45. The van der Waals surface area contributed by atoms with Crippen LogP contribution in [0.25, 0.3) is 16.8 Å². The zero-order valence-corrected chi connectivity index (χ0v) is 19.6. The normalized spacial score (nSPS) is 11.1. The molecular weight excluding hydrogens is 443 g/mol. The summed E-state index contributed by atoms with van der Waals surface area (Å²) in [4.78, 5) is 17.3. The summed E-state index contributed by atoms with van der Waals surface area (Å²) >= 11 is 6.14. The summed E-state index contributed by atoms with van der Waals surface area (Å²) in [7, 11) is 1.54. The van der Waals surface area contributed by atoms with E-state index in [2.05, 4.69) is 10.4 Å². The van der Waals surface area contributed by atoms with Crippen molar-refractivity contribution in [3.05, 3.63) is 75.9 Å². The van der Waals surface area contributed by atoms with Gasteiger partial charge in [-0.1, -0.05) is 23.7 Å². The zero-order valence-electron chi connectivity index (χ0n) is 18.9. The molecule has 4 rings (SSSR count). The van der Waals surface area contributed by atoms with Gasteiger partial charge >= 0.3 is 0 Å². The number of aromatic nitrogens is 3. The molecule has 0 aliphatic carbocycles. The van der Waals surface area contributed by atoms with Crippen molar-refractivity contribution in [1.82, 2.24) is 14.6 Å². The van der Waals surface area contributed by atoms with Crippen LogP contribution in [0.5, 0.6) is 5.75 Å². The lowest BCUT2D eigenvalue weighted by atomic mass is 10.0. The molecule has 2 heterocycles. The standard InChI is InChI=1S/C25H24ClFN4O2/c1-14-20(10-12-23(32)29-19-9-11-22(33-4)21(26)13-19)16(3)31-25(28-14)24(15(2)30-31)17-5-7-18(27)8-6-17/h5-9,11,13H,10,12H2,1-4H3,(H,29,32). The lowest BCUT2D eigenvalue weighted by Crippen LogP contribution is -2.14. The number of fused-ring (bicyclic) bond motifs is 1. The number of halogens is 2. The van der Waals surface area contributed by atoms with E-state index >= 15 is 0 Å². The maximum Gasteiger partial charge on any atom is 0.224 e. The number of carbonyl (C=O) groups excluding carboxylic acids is 1. The van der Waals surface area contributed by atoms with Crippen molar-refractivity contribution in [2.24, 2.45) is 0 Å². The van der Waals surface area contributed by atoms with E-state index in [1.807, 2.05) is 20.8 Å². The predicted molar refractivity (Wildman–Crippen MR) is 128 cm³/mol. The van der Waals surface area contributed by atoms with Gasteiger partial charge in [0.2, 0.25) is 5.91 Å². The molecular formula is C25H24ClFN4O2. The third-order valence-electron chi connectivity index (χ3n) is 5.67. The van der Waals surface area contributed by atoms with E-state index in [-0.39, 0.29) is 18.1 Å². The third kappa shape index (κ3) is 4.54. The Morgan fingerprint density at radius 2 is 1.85 bits per heavy atom. The van der Waals surface area contributed by atoms with Crippen LogP contribution < -0.4 is 10.1 Å². The van der Waals surface area contributed by atoms with E-state index in [0.29, 0.717) is 22.9 Å². The average molecular weight is 467 g/mol. The number of methoxy groups -OCH3 is 1. The summed E-state index contributed by atoms with van der Waals surface area (Å²) in [6.45, 7) is 5.81. The number of benzene rings is 2. The second-order valence-corrected chi connectivity index (χ2v) is 8.27. The van der Waals surface area contributed by atoms with Crippen molar-refractivity contribution in [2.45, 2.75) is 33.6 Å².